The summed E-state index contributed by atoms with van der Waals surface area (Å²) < 4.78 is 40.8. The highest BCUT2D eigenvalue weighted by molar-refractivity contribution is 8.14. The van der Waals surface area contributed by atoms with Crippen LogP contribution in [0.4, 0.5) is 19.3 Å². The molecule has 204 valence electrons. The Bertz CT molecular complexity index is 1490. The van der Waals surface area contributed by atoms with Gasteiger partial charge in [0.1, 0.15) is 17.1 Å². The number of nitrogens with zero attached hydrogens (tertiary/aromatic N) is 4. The molecule has 0 radical (unpaired) electrons. The van der Waals surface area contributed by atoms with E-state index in [1.807, 2.05) is 30.3 Å². The number of aliphatic imine (C=N–C) groups is 1. The molecule has 5 rings (SSSR count). The van der Waals surface area contributed by atoms with Crippen LogP contribution in [-0.2, 0) is 10.3 Å². The summed E-state index contributed by atoms with van der Waals surface area (Å²) in [5, 5.41) is 3.90. The SMILES string of the molecule is C#CCOc1cnc(/C(F)=C/c2ccc(F)c([C@]34CN(C(=O)OC)C[C@@H]3CSC(Nc3ccccc3)=N4)c2)cn1. The van der Waals surface area contributed by atoms with Gasteiger partial charge in [-0.05, 0) is 35.9 Å². The lowest BCUT2D eigenvalue weighted by Crippen LogP contribution is -2.40. The van der Waals surface area contributed by atoms with Gasteiger partial charge in [-0.3, -0.25) is 0 Å². The quantitative estimate of drug-likeness (QED) is 0.414. The zero-order valence-corrected chi connectivity index (χ0v) is 22.3. The van der Waals surface area contributed by atoms with Gasteiger partial charge in [0.2, 0.25) is 5.88 Å². The fourth-order valence-electron chi connectivity index (χ4n) is 4.77. The second-order valence-corrected chi connectivity index (χ2v) is 10.2. The molecular formula is C29H25F2N5O3S. The number of rotatable bonds is 6. The number of para-hydroxylation sites is 1. The van der Waals surface area contributed by atoms with E-state index in [1.165, 1.54) is 54.4 Å². The fraction of sp³-hybridized carbons (Fsp3) is 0.241. The van der Waals surface area contributed by atoms with Crippen LogP contribution in [0.25, 0.3) is 11.9 Å². The molecule has 0 saturated carbocycles. The van der Waals surface area contributed by atoms with E-state index in [9.17, 15) is 4.79 Å². The third-order valence-electron chi connectivity index (χ3n) is 6.65. The molecule has 3 heterocycles. The molecule has 8 nitrogen and oxygen atoms in total. The minimum atomic E-state index is -1.10. The van der Waals surface area contributed by atoms with Crippen LogP contribution in [0.1, 0.15) is 16.8 Å². The lowest BCUT2D eigenvalue weighted by atomic mass is 9.81. The number of hydrogen-bond donors (Lipinski definition) is 1. The number of carbonyl (C=O) groups excluding carboxylic acids is 1. The molecule has 0 aliphatic carbocycles. The third-order valence-corrected chi connectivity index (χ3v) is 7.69. The summed E-state index contributed by atoms with van der Waals surface area (Å²) >= 11 is 1.50. The Kier molecular flexibility index (Phi) is 7.98. The number of halogens is 2. The zero-order chi connectivity index (χ0) is 28.1. The predicted octanol–water partition coefficient (Wildman–Crippen LogP) is 5.20. The highest BCUT2D eigenvalue weighted by Crippen LogP contribution is 2.47. The molecule has 1 N–H and O–H groups in total. The summed E-state index contributed by atoms with van der Waals surface area (Å²) in [6.07, 6.45) is 8.40. The largest absolute Gasteiger partial charge is 0.463 e. The van der Waals surface area contributed by atoms with Crippen molar-refractivity contribution in [2.45, 2.75) is 5.54 Å². The molecular weight excluding hydrogens is 536 g/mol. The zero-order valence-electron chi connectivity index (χ0n) is 21.5. The van der Waals surface area contributed by atoms with Crippen LogP contribution in [0.15, 0.2) is 65.9 Å². The highest BCUT2D eigenvalue weighted by Gasteiger charge is 2.53. The first-order valence-electron chi connectivity index (χ1n) is 12.4. The standard InChI is InChI=1S/C29H25F2N5O3S/c1-3-11-39-26-15-32-25(14-33-26)24(31)13-19-9-10-23(30)22(12-19)29-18-36(28(37)38-2)16-20(29)17-40-27(35-29)34-21-7-5-4-6-8-21/h1,4-10,12-15,20H,11,16-18H2,2H3,(H,34,35)/b24-13-/t20-,29+/m1/s1. The number of thioether (sulfide) groups is 1. The Morgan fingerprint density at radius 2 is 2.10 bits per heavy atom. The number of ether oxygens (including phenoxy) is 2. The maximum atomic E-state index is 15.6. The number of carbonyl (C=O) groups is 1. The lowest BCUT2D eigenvalue weighted by molar-refractivity contribution is 0.130. The van der Waals surface area contributed by atoms with Gasteiger partial charge in [0.15, 0.2) is 17.6 Å². The van der Waals surface area contributed by atoms with Crippen molar-refractivity contribution in [2.24, 2.45) is 10.9 Å². The van der Waals surface area contributed by atoms with Crippen LogP contribution in [-0.4, -0.2) is 58.7 Å². The average molecular weight is 562 g/mol. The second-order valence-electron chi connectivity index (χ2n) is 9.15. The molecule has 1 aromatic heterocycles. The number of aromatic nitrogens is 2. The number of nitrogens with one attached hydrogen (secondary N) is 1. The first kappa shape index (κ1) is 27.1. The number of amides is 1. The van der Waals surface area contributed by atoms with Gasteiger partial charge in [-0.1, -0.05) is 41.9 Å². The molecule has 11 heteroatoms. The number of amidine groups is 1. The molecule has 40 heavy (non-hydrogen) atoms. The molecule has 2 aliphatic rings. The maximum absolute atomic E-state index is 15.6. The van der Waals surface area contributed by atoms with Gasteiger partial charge in [0, 0.05) is 29.5 Å². The second kappa shape index (κ2) is 11.8. The molecule has 0 unspecified atom stereocenters. The minimum Gasteiger partial charge on any atom is -0.463 e. The topological polar surface area (TPSA) is 88.9 Å². The minimum absolute atomic E-state index is 0.0183. The maximum Gasteiger partial charge on any atom is 0.409 e. The summed E-state index contributed by atoms with van der Waals surface area (Å²) in [6, 6.07) is 13.8. The monoisotopic (exact) mass is 561 g/mol. The van der Waals surface area contributed by atoms with Crippen molar-refractivity contribution in [3.63, 3.8) is 0 Å². The number of anilines is 1. The molecule has 1 fully saturated rings. The van der Waals surface area contributed by atoms with Crippen molar-refractivity contribution in [2.75, 3.05) is 37.9 Å². The van der Waals surface area contributed by atoms with E-state index in [4.69, 9.17) is 20.9 Å². The molecule has 1 amide bonds. The number of terminal acetylenes is 1. The van der Waals surface area contributed by atoms with Crippen LogP contribution < -0.4 is 10.1 Å². The van der Waals surface area contributed by atoms with Crippen LogP contribution in [0.2, 0.25) is 0 Å². The van der Waals surface area contributed by atoms with Gasteiger partial charge in [0.25, 0.3) is 0 Å². The normalized spacial score (nSPS) is 20.2. The molecule has 3 aromatic rings. The van der Waals surface area contributed by atoms with E-state index >= 15 is 8.78 Å². The Balaban J connectivity index is 1.51. The Labute approximate surface area is 234 Å². The van der Waals surface area contributed by atoms with Gasteiger partial charge in [-0.25, -0.2) is 28.5 Å². The van der Waals surface area contributed by atoms with Crippen LogP contribution >= 0.6 is 11.8 Å². The predicted molar refractivity (Wildman–Crippen MR) is 151 cm³/mol. The fourth-order valence-corrected chi connectivity index (χ4v) is 5.93. The van der Waals surface area contributed by atoms with Crippen molar-refractivity contribution in [3.8, 4) is 18.2 Å². The van der Waals surface area contributed by atoms with E-state index in [0.717, 1.165) is 5.69 Å². The average Bonchev–Trinajstić information content (AvgIpc) is 3.37. The highest BCUT2D eigenvalue weighted by atomic mass is 32.2. The lowest BCUT2D eigenvalue weighted by Gasteiger charge is -2.36. The van der Waals surface area contributed by atoms with Gasteiger partial charge in [-0.15, -0.1) is 6.42 Å². The van der Waals surface area contributed by atoms with Crippen molar-refractivity contribution >= 4 is 40.6 Å². The molecule has 2 aromatic carbocycles. The van der Waals surface area contributed by atoms with Crippen LogP contribution in [0.5, 0.6) is 5.88 Å². The first-order chi connectivity index (χ1) is 19.4. The molecule has 2 atom stereocenters. The van der Waals surface area contributed by atoms with E-state index in [2.05, 4.69) is 21.2 Å². The number of fused-ring (bicyclic) bond motifs is 1. The van der Waals surface area contributed by atoms with E-state index in [0.29, 0.717) is 23.0 Å². The third kappa shape index (κ3) is 5.62. The molecule has 0 spiro atoms. The van der Waals surface area contributed by atoms with Crippen molar-refractivity contribution in [1.29, 1.82) is 0 Å². The summed E-state index contributed by atoms with van der Waals surface area (Å²) in [6.45, 7) is 0.478. The van der Waals surface area contributed by atoms with E-state index in [-0.39, 0.29) is 36.2 Å². The molecule has 1 saturated heterocycles. The van der Waals surface area contributed by atoms with E-state index in [1.54, 1.807) is 6.07 Å². The van der Waals surface area contributed by atoms with Gasteiger partial charge in [-0.2, -0.15) is 0 Å². The van der Waals surface area contributed by atoms with Crippen LogP contribution in [0, 0.1) is 24.1 Å². The Morgan fingerprint density at radius 1 is 1.27 bits per heavy atom. The number of methoxy groups -OCH3 is 1. The van der Waals surface area contributed by atoms with Gasteiger partial charge >= 0.3 is 6.09 Å². The molecule has 2 aliphatic heterocycles. The Morgan fingerprint density at radius 3 is 2.83 bits per heavy atom. The Hall–Kier alpha value is -4.43. The van der Waals surface area contributed by atoms with Crippen molar-refractivity contribution in [3.05, 3.63) is 83.6 Å². The van der Waals surface area contributed by atoms with Gasteiger partial charge < -0.3 is 19.7 Å². The smallest absolute Gasteiger partial charge is 0.409 e. The number of hydrogen-bond acceptors (Lipinski definition) is 8. The number of benzene rings is 2. The van der Waals surface area contributed by atoms with Crippen molar-refractivity contribution < 1.29 is 23.0 Å². The number of likely N-dealkylation sites (tertiary alicyclic amines) is 1. The molecule has 0 bridgehead atoms. The summed E-state index contributed by atoms with van der Waals surface area (Å²) in [5.41, 5.74) is 0.383. The van der Waals surface area contributed by atoms with Gasteiger partial charge in [0.05, 0.1) is 26.0 Å². The summed E-state index contributed by atoms with van der Waals surface area (Å²) in [4.78, 5) is 27.1. The first-order valence-corrected chi connectivity index (χ1v) is 13.3. The van der Waals surface area contributed by atoms with E-state index < -0.39 is 23.3 Å². The summed E-state index contributed by atoms with van der Waals surface area (Å²) in [5.74, 6) is 1.71. The van der Waals surface area contributed by atoms with Crippen molar-refractivity contribution in [1.82, 2.24) is 14.9 Å². The van der Waals surface area contributed by atoms with Crippen LogP contribution in [0.3, 0.4) is 0 Å². The summed E-state index contributed by atoms with van der Waals surface area (Å²) in [7, 11) is 1.31.